The highest BCUT2D eigenvalue weighted by Gasteiger charge is 2.10. The van der Waals surface area contributed by atoms with Crippen LogP contribution >= 0.6 is 0 Å². The summed E-state index contributed by atoms with van der Waals surface area (Å²) in [6, 6.07) is 5.89. The molecule has 0 saturated heterocycles. The zero-order valence-corrected chi connectivity index (χ0v) is 10.2. The van der Waals surface area contributed by atoms with Gasteiger partial charge in [0, 0.05) is 5.39 Å². The molecular weight excluding hydrogens is 214 g/mol. The number of rotatable bonds is 1. The van der Waals surface area contributed by atoms with E-state index in [0.29, 0.717) is 11.3 Å². The van der Waals surface area contributed by atoms with Crippen LogP contribution in [0.2, 0.25) is 0 Å². The van der Waals surface area contributed by atoms with Gasteiger partial charge in [0.1, 0.15) is 0 Å². The standard InChI is InChI=1S/C13H15N3O/c1-7-4-10-6-11(13(17)16-14)9(3)15-12(10)5-8(7)2/h4-6H,14H2,1-3H3,(H,16,17). The van der Waals surface area contributed by atoms with Crippen LogP contribution in [-0.4, -0.2) is 10.9 Å². The fourth-order valence-corrected chi connectivity index (χ4v) is 1.84. The van der Waals surface area contributed by atoms with Crippen molar-refractivity contribution in [2.45, 2.75) is 20.8 Å². The normalized spacial score (nSPS) is 10.6. The number of hydrogen-bond acceptors (Lipinski definition) is 3. The van der Waals surface area contributed by atoms with Crippen molar-refractivity contribution in [2.75, 3.05) is 0 Å². The number of pyridine rings is 1. The molecule has 2 aromatic rings. The van der Waals surface area contributed by atoms with Gasteiger partial charge in [0.2, 0.25) is 0 Å². The maximum absolute atomic E-state index is 11.6. The van der Waals surface area contributed by atoms with E-state index in [9.17, 15) is 4.79 Å². The Kier molecular flexibility index (Phi) is 2.81. The third-order valence-electron chi connectivity index (χ3n) is 3.00. The lowest BCUT2D eigenvalue weighted by atomic mass is 10.0. The smallest absolute Gasteiger partial charge is 0.267 e. The lowest BCUT2D eigenvalue weighted by Crippen LogP contribution is -2.30. The van der Waals surface area contributed by atoms with Crippen LogP contribution < -0.4 is 11.3 Å². The summed E-state index contributed by atoms with van der Waals surface area (Å²) in [5, 5.41) is 0.956. The largest absolute Gasteiger partial charge is 0.290 e. The van der Waals surface area contributed by atoms with Gasteiger partial charge in [-0.25, -0.2) is 5.84 Å². The van der Waals surface area contributed by atoms with Crippen LogP contribution in [0.25, 0.3) is 10.9 Å². The van der Waals surface area contributed by atoms with E-state index in [4.69, 9.17) is 5.84 Å². The number of amides is 1. The van der Waals surface area contributed by atoms with Crippen LogP contribution in [0.15, 0.2) is 18.2 Å². The van der Waals surface area contributed by atoms with E-state index < -0.39 is 0 Å². The number of nitrogens with one attached hydrogen (secondary N) is 1. The van der Waals surface area contributed by atoms with Crippen molar-refractivity contribution in [2.24, 2.45) is 5.84 Å². The first-order chi connectivity index (χ1) is 8.02. The molecule has 0 aliphatic heterocycles. The van der Waals surface area contributed by atoms with Crippen LogP contribution in [0.1, 0.15) is 27.2 Å². The molecule has 0 atom stereocenters. The molecule has 0 unspecified atom stereocenters. The quantitative estimate of drug-likeness (QED) is 0.445. The lowest BCUT2D eigenvalue weighted by Gasteiger charge is -2.08. The van der Waals surface area contributed by atoms with E-state index >= 15 is 0 Å². The number of nitrogen functional groups attached to an aromatic ring is 1. The van der Waals surface area contributed by atoms with Crippen LogP contribution in [0.4, 0.5) is 0 Å². The molecule has 1 aromatic carbocycles. The fourth-order valence-electron chi connectivity index (χ4n) is 1.84. The van der Waals surface area contributed by atoms with Crippen molar-refractivity contribution in [3.63, 3.8) is 0 Å². The zero-order chi connectivity index (χ0) is 12.6. The summed E-state index contributed by atoms with van der Waals surface area (Å²) in [5.74, 6) is 4.83. The summed E-state index contributed by atoms with van der Waals surface area (Å²) in [6.45, 7) is 5.89. The molecule has 0 radical (unpaired) electrons. The lowest BCUT2D eigenvalue weighted by molar-refractivity contribution is 0.0953. The molecular formula is C13H15N3O. The molecule has 0 fully saturated rings. The highest BCUT2D eigenvalue weighted by molar-refractivity contribution is 5.98. The summed E-state index contributed by atoms with van der Waals surface area (Å²) in [7, 11) is 0. The Labute approximate surface area is 99.8 Å². The Morgan fingerprint density at radius 2 is 1.82 bits per heavy atom. The van der Waals surface area contributed by atoms with Crippen LogP contribution in [0.3, 0.4) is 0 Å². The minimum Gasteiger partial charge on any atom is -0.290 e. The molecule has 0 aliphatic rings. The van der Waals surface area contributed by atoms with E-state index in [2.05, 4.69) is 10.4 Å². The average molecular weight is 229 g/mol. The summed E-state index contributed by atoms with van der Waals surface area (Å²) < 4.78 is 0. The first-order valence-corrected chi connectivity index (χ1v) is 5.42. The average Bonchev–Trinajstić information content (AvgIpc) is 2.30. The molecule has 1 heterocycles. The Balaban J connectivity index is 2.71. The number of aryl methyl sites for hydroxylation is 3. The van der Waals surface area contributed by atoms with Gasteiger partial charge in [-0.1, -0.05) is 0 Å². The van der Waals surface area contributed by atoms with Gasteiger partial charge in [-0.3, -0.25) is 15.2 Å². The van der Waals surface area contributed by atoms with Crippen LogP contribution in [0, 0.1) is 20.8 Å². The number of aromatic nitrogens is 1. The number of hydrazine groups is 1. The number of carbonyl (C=O) groups is 1. The number of nitrogens with zero attached hydrogens (tertiary/aromatic N) is 1. The number of nitrogens with two attached hydrogens (primary N) is 1. The number of carbonyl (C=O) groups excluding carboxylic acids is 1. The Bertz CT molecular complexity index is 605. The second-order valence-electron chi connectivity index (χ2n) is 4.22. The van der Waals surface area contributed by atoms with Crippen LogP contribution in [-0.2, 0) is 0 Å². The molecule has 4 heteroatoms. The van der Waals surface area contributed by atoms with Crippen molar-refractivity contribution in [3.8, 4) is 0 Å². The Morgan fingerprint density at radius 1 is 1.18 bits per heavy atom. The zero-order valence-electron chi connectivity index (χ0n) is 10.2. The number of hydrogen-bond donors (Lipinski definition) is 2. The molecule has 0 spiro atoms. The molecule has 17 heavy (non-hydrogen) atoms. The monoisotopic (exact) mass is 229 g/mol. The van der Waals surface area contributed by atoms with Crippen molar-refractivity contribution in [1.82, 2.24) is 10.4 Å². The van der Waals surface area contributed by atoms with Gasteiger partial charge in [-0.2, -0.15) is 0 Å². The first-order valence-electron chi connectivity index (χ1n) is 5.42. The number of benzene rings is 1. The molecule has 4 nitrogen and oxygen atoms in total. The maximum atomic E-state index is 11.6. The SMILES string of the molecule is Cc1cc2cc(C(=O)NN)c(C)nc2cc1C. The Morgan fingerprint density at radius 3 is 2.47 bits per heavy atom. The van der Waals surface area contributed by atoms with Crippen molar-refractivity contribution in [3.05, 3.63) is 40.6 Å². The van der Waals surface area contributed by atoms with Gasteiger partial charge in [-0.05, 0) is 50.1 Å². The summed E-state index contributed by atoms with van der Waals surface area (Å²) in [5.41, 5.74) is 6.61. The highest BCUT2D eigenvalue weighted by atomic mass is 16.2. The minimum absolute atomic E-state index is 0.310. The molecule has 1 aromatic heterocycles. The van der Waals surface area contributed by atoms with Gasteiger partial charge in [-0.15, -0.1) is 0 Å². The van der Waals surface area contributed by atoms with Gasteiger partial charge in [0.25, 0.3) is 5.91 Å². The predicted octanol–water partition coefficient (Wildman–Crippen LogP) is 1.76. The third-order valence-corrected chi connectivity index (χ3v) is 3.00. The molecule has 0 bridgehead atoms. The first kappa shape index (κ1) is 11.5. The maximum Gasteiger partial charge on any atom is 0.267 e. The molecule has 2 rings (SSSR count). The van der Waals surface area contributed by atoms with Crippen molar-refractivity contribution < 1.29 is 4.79 Å². The second kappa shape index (κ2) is 4.14. The molecule has 1 amide bonds. The van der Waals surface area contributed by atoms with Crippen LogP contribution in [0.5, 0.6) is 0 Å². The van der Waals surface area contributed by atoms with Gasteiger partial charge < -0.3 is 0 Å². The van der Waals surface area contributed by atoms with Gasteiger partial charge in [0.05, 0.1) is 16.8 Å². The summed E-state index contributed by atoms with van der Waals surface area (Å²) >= 11 is 0. The highest BCUT2D eigenvalue weighted by Crippen LogP contribution is 2.20. The van der Waals surface area contributed by atoms with Gasteiger partial charge in [0.15, 0.2) is 0 Å². The minimum atomic E-state index is -0.310. The van der Waals surface area contributed by atoms with Crippen molar-refractivity contribution >= 4 is 16.8 Å². The van der Waals surface area contributed by atoms with E-state index in [-0.39, 0.29) is 5.91 Å². The van der Waals surface area contributed by atoms with E-state index in [1.165, 1.54) is 11.1 Å². The summed E-state index contributed by atoms with van der Waals surface area (Å²) in [4.78, 5) is 16.0. The summed E-state index contributed by atoms with van der Waals surface area (Å²) in [6.07, 6.45) is 0. The second-order valence-corrected chi connectivity index (χ2v) is 4.22. The van der Waals surface area contributed by atoms with E-state index in [1.807, 2.05) is 32.0 Å². The predicted molar refractivity (Wildman–Crippen MR) is 67.6 cm³/mol. The van der Waals surface area contributed by atoms with Crippen molar-refractivity contribution in [1.29, 1.82) is 0 Å². The molecule has 88 valence electrons. The van der Waals surface area contributed by atoms with E-state index in [1.54, 1.807) is 6.92 Å². The molecule has 3 N–H and O–H groups in total. The fraction of sp³-hybridized carbons (Fsp3) is 0.231. The molecule has 0 aliphatic carbocycles. The van der Waals surface area contributed by atoms with Gasteiger partial charge >= 0.3 is 0 Å². The number of fused-ring (bicyclic) bond motifs is 1. The Hall–Kier alpha value is -1.94. The van der Waals surface area contributed by atoms with E-state index in [0.717, 1.165) is 10.9 Å². The third kappa shape index (κ3) is 1.99. The molecule has 0 saturated carbocycles. The topological polar surface area (TPSA) is 68.0 Å².